The Morgan fingerprint density at radius 1 is 1.10 bits per heavy atom. The summed E-state index contributed by atoms with van der Waals surface area (Å²) in [6.07, 6.45) is -1.43. The molecular formula is C28H43N7O3S. The van der Waals surface area contributed by atoms with E-state index in [0.717, 1.165) is 48.6 Å². The maximum Gasteiger partial charge on any atom is 0.408 e. The van der Waals surface area contributed by atoms with Gasteiger partial charge in [0, 0.05) is 55.9 Å². The topological polar surface area (TPSA) is 102 Å². The number of aromatic nitrogens is 1. The third-order valence-electron chi connectivity index (χ3n) is 6.56. The fraction of sp³-hybridized carbons (Fsp3) is 0.571. The monoisotopic (exact) mass is 557 g/mol. The number of anilines is 2. The second kappa shape index (κ2) is 13.7. The van der Waals surface area contributed by atoms with Gasteiger partial charge in [-0.2, -0.15) is 0 Å². The molecule has 1 aliphatic rings. The van der Waals surface area contributed by atoms with Crippen molar-refractivity contribution in [1.82, 2.24) is 25.4 Å². The first kappa shape index (κ1) is 30.4. The summed E-state index contributed by atoms with van der Waals surface area (Å²) in [5.41, 5.74) is 1.38. The van der Waals surface area contributed by atoms with E-state index in [9.17, 15) is 9.59 Å². The third-order valence-corrected chi connectivity index (χ3v) is 6.81. The molecule has 1 aromatic carbocycles. The van der Waals surface area contributed by atoms with E-state index in [1.807, 2.05) is 45.0 Å². The Bertz CT molecular complexity index is 1140. The van der Waals surface area contributed by atoms with Gasteiger partial charge in [0.1, 0.15) is 5.82 Å². The molecule has 1 aliphatic heterocycles. The van der Waals surface area contributed by atoms with Gasteiger partial charge < -0.3 is 35.4 Å². The Morgan fingerprint density at radius 3 is 2.44 bits per heavy atom. The number of carbonyl (C=O) groups excluding carboxylic acids is 2. The number of carbonyl (C=O) groups is 2. The van der Waals surface area contributed by atoms with Crippen LogP contribution in [0.15, 0.2) is 30.3 Å². The van der Waals surface area contributed by atoms with Crippen molar-refractivity contribution in [3.8, 4) is 0 Å². The fourth-order valence-corrected chi connectivity index (χ4v) is 4.59. The summed E-state index contributed by atoms with van der Waals surface area (Å²) in [5, 5.41) is 10.9. The molecule has 1 saturated heterocycles. The van der Waals surface area contributed by atoms with Crippen molar-refractivity contribution in [2.45, 2.75) is 53.2 Å². The first-order valence-corrected chi connectivity index (χ1v) is 14.1. The first-order chi connectivity index (χ1) is 18.5. The highest BCUT2D eigenvalue weighted by Crippen LogP contribution is 2.22. The maximum absolute atomic E-state index is 12.8. The highest BCUT2D eigenvalue weighted by molar-refractivity contribution is 7.80. The molecule has 3 rings (SSSR count). The average Bonchev–Trinajstić information content (AvgIpc) is 2.89. The minimum Gasteiger partial charge on any atom is -0.436 e. The van der Waals surface area contributed by atoms with E-state index in [2.05, 4.69) is 45.7 Å². The summed E-state index contributed by atoms with van der Waals surface area (Å²) in [6, 6.07) is 10.1. The number of nitrogens with zero attached hydrogens (tertiary/aromatic N) is 4. The lowest BCUT2D eigenvalue weighted by Gasteiger charge is -2.36. The Kier molecular flexibility index (Phi) is 10.7. The molecule has 2 aromatic rings. The molecule has 1 atom stereocenters. The lowest BCUT2D eigenvalue weighted by molar-refractivity contribution is -0.139. The van der Waals surface area contributed by atoms with E-state index in [0.29, 0.717) is 31.3 Å². The highest BCUT2D eigenvalue weighted by Gasteiger charge is 2.28. The standard InChI is InChI=1S/C28H43N7O3S/c1-7-33(8-2)14-13-29-26(39)30-22-10-11-23-21(19-22)9-12-24(31-23)34-15-17-35(18-16-34)25(36)20(3)38-27(37)32-28(4,5)6/h9-12,19-20H,7-8,13-18H2,1-6H3,(H,32,37)(H2,29,30,39)/t20-/m0/s1. The summed E-state index contributed by atoms with van der Waals surface area (Å²) in [6.45, 7) is 17.7. The zero-order chi connectivity index (χ0) is 28.6. The van der Waals surface area contributed by atoms with Crippen molar-refractivity contribution in [3.05, 3.63) is 30.3 Å². The molecule has 214 valence electrons. The van der Waals surface area contributed by atoms with Crippen molar-refractivity contribution >= 4 is 51.7 Å². The molecule has 2 amide bonds. The normalized spacial score (nSPS) is 14.7. The lowest BCUT2D eigenvalue weighted by Crippen LogP contribution is -2.52. The number of thiocarbonyl (C=S) groups is 1. The molecule has 0 spiro atoms. The van der Waals surface area contributed by atoms with Gasteiger partial charge in [-0.15, -0.1) is 0 Å². The number of hydrogen-bond acceptors (Lipinski definition) is 7. The minimum absolute atomic E-state index is 0.189. The molecule has 39 heavy (non-hydrogen) atoms. The minimum atomic E-state index is -0.842. The molecule has 0 unspecified atom stereocenters. The predicted octanol–water partition coefficient (Wildman–Crippen LogP) is 3.42. The van der Waals surface area contributed by atoms with Crippen molar-refractivity contribution in [1.29, 1.82) is 0 Å². The number of amides is 2. The quantitative estimate of drug-likeness (QED) is 0.400. The van der Waals surface area contributed by atoms with Crippen LogP contribution in [0.1, 0.15) is 41.5 Å². The molecule has 3 N–H and O–H groups in total. The second-order valence-electron chi connectivity index (χ2n) is 10.7. The summed E-state index contributed by atoms with van der Waals surface area (Å²) >= 11 is 5.46. The summed E-state index contributed by atoms with van der Waals surface area (Å²) in [7, 11) is 0. The first-order valence-electron chi connectivity index (χ1n) is 13.7. The van der Waals surface area contributed by atoms with E-state index < -0.39 is 17.7 Å². The Hall–Kier alpha value is -3.18. The summed E-state index contributed by atoms with van der Waals surface area (Å²) < 4.78 is 5.29. The maximum atomic E-state index is 12.8. The summed E-state index contributed by atoms with van der Waals surface area (Å²) in [4.78, 5) is 35.9. The Morgan fingerprint density at radius 2 is 1.79 bits per heavy atom. The van der Waals surface area contributed by atoms with Crippen LogP contribution in [-0.2, 0) is 9.53 Å². The predicted molar refractivity (Wildman–Crippen MR) is 161 cm³/mol. The van der Waals surface area contributed by atoms with Crippen LogP contribution in [0.4, 0.5) is 16.3 Å². The van der Waals surface area contributed by atoms with Gasteiger partial charge in [-0.05, 0) is 83.3 Å². The zero-order valence-electron chi connectivity index (χ0n) is 24.0. The van der Waals surface area contributed by atoms with Gasteiger partial charge in [-0.3, -0.25) is 4.79 Å². The number of alkyl carbamates (subject to hydrolysis) is 1. The lowest BCUT2D eigenvalue weighted by atomic mass is 10.1. The third kappa shape index (κ3) is 9.21. The number of rotatable bonds is 9. The highest BCUT2D eigenvalue weighted by atomic mass is 32.1. The number of ether oxygens (including phenoxy) is 1. The zero-order valence-corrected chi connectivity index (χ0v) is 24.9. The fourth-order valence-electron chi connectivity index (χ4n) is 4.37. The molecule has 11 heteroatoms. The van der Waals surface area contributed by atoms with Crippen LogP contribution in [0.2, 0.25) is 0 Å². The van der Waals surface area contributed by atoms with Crippen molar-refractivity contribution in [2.24, 2.45) is 0 Å². The second-order valence-corrected chi connectivity index (χ2v) is 11.1. The molecule has 0 aliphatic carbocycles. The van der Waals surface area contributed by atoms with E-state index in [1.54, 1.807) is 11.8 Å². The van der Waals surface area contributed by atoms with E-state index in [-0.39, 0.29) is 5.91 Å². The van der Waals surface area contributed by atoms with E-state index in [4.69, 9.17) is 21.9 Å². The van der Waals surface area contributed by atoms with Crippen LogP contribution in [0.25, 0.3) is 10.9 Å². The SMILES string of the molecule is CCN(CC)CCNC(=S)Nc1ccc2nc(N3CCN(C(=O)[C@H](C)OC(=O)NC(C)(C)C)CC3)ccc2c1. The van der Waals surface area contributed by atoms with Gasteiger partial charge in [0.05, 0.1) is 5.52 Å². The average molecular weight is 558 g/mol. The number of likely N-dealkylation sites (N-methyl/N-ethyl adjacent to an activating group) is 1. The molecule has 2 heterocycles. The number of benzene rings is 1. The molecule has 0 bridgehead atoms. The van der Waals surface area contributed by atoms with Crippen LogP contribution in [0, 0.1) is 0 Å². The van der Waals surface area contributed by atoms with Gasteiger partial charge in [-0.1, -0.05) is 13.8 Å². The van der Waals surface area contributed by atoms with Crippen molar-refractivity contribution in [2.75, 3.05) is 62.6 Å². The van der Waals surface area contributed by atoms with Gasteiger partial charge in [0.25, 0.3) is 5.91 Å². The number of nitrogens with one attached hydrogen (secondary N) is 3. The number of pyridine rings is 1. The van der Waals surface area contributed by atoms with E-state index in [1.165, 1.54) is 0 Å². The van der Waals surface area contributed by atoms with Crippen LogP contribution in [-0.4, -0.2) is 95.9 Å². The van der Waals surface area contributed by atoms with Crippen LogP contribution < -0.4 is 20.9 Å². The summed E-state index contributed by atoms with van der Waals surface area (Å²) in [5.74, 6) is 0.684. The van der Waals surface area contributed by atoms with Crippen molar-refractivity contribution < 1.29 is 14.3 Å². The molecule has 0 radical (unpaired) electrons. The van der Waals surface area contributed by atoms with Gasteiger partial charge >= 0.3 is 6.09 Å². The number of piperazine rings is 1. The number of hydrogen-bond donors (Lipinski definition) is 3. The molecule has 1 fully saturated rings. The van der Waals surface area contributed by atoms with Crippen LogP contribution in [0.3, 0.4) is 0 Å². The Balaban J connectivity index is 1.51. The van der Waals surface area contributed by atoms with Crippen LogP contribution in [0.5, 0.6) is 0 Å². The van der Waals surface area contributed by atoms with E-state index >= 15 is 0 Å². The smallest absolute Gasteiger partial charge is 0.408 e. The molecule has 1 aromatic heterocycles. The van der Waals surface area contributed by atoms with Gasteiger partial charge in [0.15, 0.2) is 11.2 Å². The number of fused-ring (bicyclic) bond motifs is 1. The Labute approximate surface area is 237 Å². The van der Waals surface area contributed by atoms with Crippen molar-refractivity contribution in [3.63, 3.8) is 0 Å². The largest absolute Gasteiger partial charge is 0.436 e. The molecule has 0 saturated carbocycles. The van der Waals surface area contributed by atoms with Gasteiger partial charge in [0.2, 0.25) is 0 Å². The molecular weight excluding hydrogens is 514 g/mol. The molecule has 10 nitrogen and oxygen atoms in total. The van der Waals surface area contributed by atoms with Gasteiger partial charge in [-0.25, -0.2) is 9.78 Å². The van der Waals surface area contributed by atoms with Crippen LogP contribution >= 0.6 is 12.2 Å².